The number of pyridine rings is 1. The molecule has 0 spiro atoms. The zero-order valence-electron chi connectivity index (χ0n) is 39.6. The van der Waals surface area contributed by atoms with Crippen molar-refractivity contribution in [2.24, 2.45) is 20.5 Å². The predicted molar refractivity (Wildman–Crippen MR) is 250 cm³/mol. The van der Waals surface area contributed by atoms with Gasteiger partial charge in [0.05, 0.1) is 30.8 Å². The van der Waals surface area contributed by atoms with Crippen LogP contribution in [-0.2, 0) is 40.5 Å². The zero-order valence-corrected chi connectivity index (χ0v) is 51.7. The summed E-state index contributed by atoms with van der Waals surface area (Å²) in [5.41, 5.74) is 1.50. The Bertz CT molecular complexity index is 3930. The van der Waals surface area contributed by atoms with Crippen LogP contribution in [0.3, 0.4) is 0 Å². The molecule has 7 aromatic rings. The maximum atomic E-state index is 12.4. The number of hydrogen-bond acceptors (Lipinski definition) is 23. The summed E-state index contributed by atoms with van der Waals surface area (Å²) in [5, 5.41) is 46.2. The van der Waals surface area contributed by atoms with Crippen molar-refractivity contribution in [1.82, 2.24) is 4.98 Å². The fraction of sp³-hybridized carbons (Fsp3) is 0.0465. The van der Waals surface area contributed by atoms with Crippen LogP contribution in [0.25, 0.3) is 21.9 Å². The molecule has 0 bridgehead atoms. The molecule has 22 nitrogen and oxygen atoms in total. The van der Waals surface area contributed by atoms with Crippen molar-refractivity contribution in [2.45, 2.75) is 33.4 Å². The number of nitrogens with zero attached hydrogens (tertiary/aromatic N) is 7. The summed E-state index contributed by atoms with van der Waals surface area (Å²) in [7, 11) is -20.1. The Morgan fingerprint density at radius 2 is 1.09 bits per heavy atom. The maximum Gasteiger partial charge on any atom is 1.00 e. The monoisotopic (exact) mass is 1130 g/mol. The normalized spacial score (nSPS) is 11.6. The molecule has 0 aliphatic rings. The summed E-state index contributed by atoms with van der Waals surface area (Å²) in [5.74, 6) is -0.238. The molecule has 0 fully saturated rings. The quantitative estimate of drug-likeness (QED) is 0.0520. The van der Waals surface area contributed by atoms with Crippen molar-refractivity contribution in [1.29, 1.82) is 10.5 Å². The Balaban J connectivity index is 0.00000361. The summed E-state index contributed by atoms with van der Waals surface area (Å²) < 4.78 is 143. The standard InChI is InChI=1S/C43H32N10O12S5.4Na/c1-23(2)46-26-9-7-25(8-10-26)38-35(22-45)42(66-43(38)53-50-29-19-33-32(37(20-29)70(63,64)65)5-4-6-36(33)69(60,61)62)52-51-39-24(3)34(21-44)40(47-27-11-15-30(16-12-27)67(54,55)56)49-41(39)48-28-13-17-31(18-14-28)68(57,58)59;;;;/h4-20,46H,1H2,2-3H3,(H2,47,48,49)(H,54,55,56)(H,57,58,59)(H,60,61,62)(H,63,64,65);;;;/q;4*+1/p-4. The number of thiophene rings is 1. The van der Waals surface area contributed by atoms with Crippen LogP contribution in [0.1, 0.15) is 23.6 Å². The van der Waals surface area contributed by atoms with Crippen LogP contribution < -0.4 is 134 Å². The van der Waals surface area contributed by atoms with Crippen molar-refractivity contribution >= 4 is 113 Å². The van der Waals surface area contributed by atoms with Gasteiger partial charge in [0.1, 0.15) is 68.9 Å². The molecule has 31 heteroatoms. The van der Waals surface area contributed by atoms with Crippen molar-refractivity contribution in [3.8, 4) is 23.3 Å². The third-order valence-electron chi connectivity index (χ3n) is 9.79. The van der Waals surface area contributed by atoms with E-state index in [0.717, 1.165) is 65.9 Å². The first-order valence-corrected chi connectivity index (χ1v) is 25.8. The van der Waals surface area contributed by atoms with Crippen LogP contribution in [0.15, 0.2) is 155 Å². The molecule has 74 heavy (non-hydrogen) atoms. The number of allylic oxidation sites excluding steroid dienone is 1. The minimum atomic E-state index is -5.30. The molecular formula is C43H28N10Na4O12S5. The number of anilines is 5. The summed E-state index contributed by atoms with van der Waals surface area (Å²) in [6, 6.07) is 24.8. The van der Waals surface area contributed by atoms with Crippen molar-refractivity contribution in [2.75, 3.05) is 16.0 Å². The van der Waals surface area contributed by atoms with Gasteiger partial charge < -0.3 is 34.2 Å². The first kappa shape index (κ1) is 64.5. The van der Waals surface area contributed by atoms with Gasteiger partial charge in [-0.05, 0) is 98.3 Å². The number of aromatic nitrogens is 1. The number of nitriles is 2. The zero-order chi connectivity index (χ0) is 50.9. The van der Waals surface area contributed by atoms with Crippen LogP contribution in [0.5, 0.6) is 0 Å². The maximum absolute atomic E-state index is 12.4. The summed E-state index contributed by atoms with van der Waals surface area (Å²) >= 11 is 0.748. The van der Waals surface area contributed by atoms with Gasteiger partial charge in [-0.2, -0.15) is 10.5 Å². The van der Waals surface area contributed by atoms with E-state index >= 15 is 0 Å². The van der Waals surface area contributed by atoms with Gasteiger partial charge in [-0.15, -0.1) is 20.5 Å². The van der Waals surface area contributed by atoms with E-state index in [1.54, 1.807) is 31.2 Å². The Morgan fingerprint density at radius 3 is 1.58 bits per heavy atom. The average molecular weight is 1130 g/mol. The van der Waals surface area contributed by atoms with Gasteiger partial charge in [-0.3, -0.25) is 0 Å². The van der Waals surface area contributed by atoms with E-state index in [9.17, 15) is 62.4 Å². The largest absolute Gasteiger partial charge is 1.00 e. The van der Waals surface area contributed by atoms with Gasteiger partial charge >= 0.3 is 118 Å². The van der Waals surface area contributed by atoms with Gasteiger partial charge in [0.25, 0.3) is 0 Å². The fourth-order valence-electron chi connectivity index (χ4n) is 6.69. The van der Waals surface area contributed by atoms with E-state index in [2.05, 4.69) is 54.0 Å². The number of nitrogens with one attached hydrogen (secondary N) is 3. The van der Waals surface area contributed by atoms with Crippen LogP contribution >= 0.6 is 11.3 Å². The van der Waals surface area contributed by atoms with Gasteiger partial charge in [-0.25, -0.2) is 38.7 Å². The van der Waals surface area contributed by atoms with Crippen molar-refractivity contribution in [3.63, 3.8) is 0 Å². The van der Waals surface area contributed by atoms with E-state index in [4.69, 9.17) is 0 Å². The molecule has 0 radical (unpaired) electrons. The van der Waals surface area contributed by atoms with Crippen LogP contribution in [0.2, 0.25) is 0 Å². The number of rotatable bonds is 15. The Kier molecular flexibility index (Phi) is 22.7. The number of fused-ring (bicyclic) bond motifs is 1. The topological polar surface area (TPSA) is 375 Å². The van der Waals surface area contributed by atoms with Crippen molar-refractivity contribution < 1.29 is 170 Å². The summed E-state index contributed by atoms with van der Waals surface area (Å²) in [6.45, 7) is 7.02. The van der Waals surface area contributed by atoms with Crippen LogP contribution in [-0.4, -0.2) is 56.9 Å². The first-order valence-electron chi connectivity index (χ1n) is 19.4. The smallest absolute Gasteiger partial charge is 0.744 e. The van der Waals surface area contributed by atoms with E-state index in [0.29, 0.717) is 16.9 Å². The Hall–Kier alpha value is -3.83. The van der Waals surface area contributed by atoms with E-state index in [-0.39, 0.29) is 190 Å². The second kappa shape index (κ2) is 26.0. The predicted octanol–water partition coefficient (Wildman–Crippen LogP) is -3.09. The SMILES string of the molecule is C=C(C)Nc1ccc(-c2c(N=Nc3cc(S(=O)(=O)[O-])c4cccc(S(=O)(=O)[O-])c4c3)sc(N=Nc3c(Nc4ccc(S(=O)(=O)[O-])cc4)nc(Nc4ccc(S(=O)(=O)[O-])cc4)c(C#N)c3C)c2C#N)cc1.[Na+].[Na+].[Na+].[Na+]. The molecule has 356 valence electrons. The van der Waals surface area contributed by atoms with Gasteiger partial charge in [-0.1, -0.05) is 42.2 Å². The molecule has 3 N–H and O–H groups in total. The molecule has 0 aliphatic heterocycles. The molecule has 2 heterocycles. The van der Waals surface area contributed by atoms with Gasteiger partial charge in [0.2, 0.25) is 0 Å². The van der Waals surface area contributed by atoms with E-state index in [1.165, 1.54) is 31.2 Å². The molecule has 0 unspecified atom stereocenters. The van der Waals surface area contributed by atoms with E-state index < -0.39 is 65.4 Å². The minimum Gasteiger partial charge on any atom is -0.744 e. The number of azo groups is 2. The first-order chi connectivity index (χ1) is 32.8. The number of benzene rings is 5. The molecule has 5 aromatic carbocycles. The van der Waals surface area contributed by atoms with Crippen LogP contribution in [0, 0.1) is 29.6 Å². The average Bonchev–Trinajstić information content (AvgIpc) is 3.64. The Labute approximate surface area is 516 Å². The van der Waals surface area contributed by atoms with Crippen molar-refractivity contribution in [3.05, 3.63) is 132 Å². The second-order valence-corrected chi connectivity index (χ2v) is 21.1. The van der Waals surface area contributed by atoms with Gasteiger partial charge in [0.15, 0.2) is 16.6 Å². The number of hydrogen-bond donors (Lipinski definition) is 3. The second-order valence-electron chi connectivity index (χ2n) is 14.6. The fourth-order valence-corrected chi connectivity index (χ4v) is 9.94. The molecule has 2 aromatic heterocycles. The molecular weight excluding hydrogens is 1100 g/mol. The minimum absolute atomic E-state index is 0. The third kappa shape index (κ3) is 15.2. The molecule has 0 amide bonds. The molecule has 0 saturated carbocycles. The third-order valence-corrected chi connectivity index (χ3v) is 14.2. The summed E-state index contributed by atoms with van der Waals surface area (Å²) in [6.07, 6.45) is 0. The molecule has 0 atom stereocenters. The van der Waals surface area contributed by atoms with Crippen LogP contribution in [0.4, 0.5) is 50.1 Å². The van der Waals surface area contributed by atoms with E-state index in [1.807, 2.05) is 6.07 Å². The van der Waals surface area contributed by atoms with Gasteiger partial charge in [0, 0.05) is 44.7 Å². The summed E-state index contributed by atoms with van der Waals surface area (Å²) in [4.78, 5) is 1.74. The molecule has 7 rings (SSSR count). The molecule has 0 aliphatic carbocycles. The molecule has 0 saturated heterocycles. The Morgan fingerprint density at radius 1 is 0.595 bits per heavy atom.